The van der Waals surface area contributed by atoms with Crippen molar-refractivity contribution in [3.63, 3.8) is 0 Å². The van der Waals surface area contributed by atoms with Crippen molar-refractivity contribution >= 4 is 16.0 Å². The largest absolute Gasteiger partial charge is 0.463 e. The Kier molecular flexibility index (Phi) is 4.95. The number of sulfonamides is 1. The lowest BCUT2D eigenvalue weighted by Gasteiger charge is -2.24. The number of esters is 1. The molecule has 1 aromatic heterocycles. The number of nitrogens with one attached hydrogen (secondary N) is 1. The zero-order valence-electron chi connectivity index (χ0n) is 13.1. The zero-order chi connectivity index (χ0) is 16.3. The third-order valence-corrected chi connectivity index (χ3v) is 5.43. The van der Waals surface area contributed by atoms with E-state index in [2.05, 4.69) is 4.83 Å². The maximum absolute atomic E-state index is 12.7. The number of carbonyl (C=O) groups is 1. The summed E-state index contributed by atoms with van der Waals surface area (Å²) in [6.07, 6.45) is 3.53. The molecule has 1 N–H and O–H groups in total. The first-order chi connectivity index (χ1) is 10.4. The van der Waals surface area contributed by atoms with Crippen LogP contribution in [0.15, 0.2) is 23.8 Å². The molecule has 0 fully saturated rings. The smallest absolute Gasteiger partial charge is 0.335 e. The van der Waals surface area contributed by atoms with Gasteiger partial charge in [-0.25, -0.2) is 18.0 Å². The number of aromatic nitrogens is 1. The summed E-state index contributed by atoms with van der Waals surface area (Å²) in [4.78, 5) is 14.6. The van der Waals surface area contributed by atoms with Gasteiger partial charge in [-0.05, 0) is 52.2 Å². The van der Waals surface area contributed by atoms with Crippen LogP contribution >= 0.6 is 0 Å². The van der Waals surface area contributed by atoms with E-state index >= 15 is 0 Å². The van der Waals surface area contributed by atoms with Crippen molar-refractivity contribution in [3.8, 4) is 0 Å². The summed E-state index contributed by atoms with van der Waals surface area (Å²) in [6.45, 7) is 5.57. The average Bonchev–Trinajstić information content (AvgIpc) is 2.79. The highest BCUT2D eigenvalue weighted by molar-refractivity contribution is 7.93. The minimum Gasteiger partial charge on any atom is -0.463 e. The second-order valence-corrected chi connectivity index (χ2v) is 7.23. The highest BCUT2D eigenvalue weighted by Crippen LogP contribution is 2.26. The second kappa shape index (κ2) is 6.56. The summed E-state index contributed by atoms with van der Waals surface area (Å²) >= 11 is 0. The first kappa shape index (κ1) is 16.6. The molecule has 0 aliphatic heterocycles. The summed E-state index contributed by atoms with van der Waals surface area (Å²) < 4.78 is 31.9. The van der Waals surface area contributed by atoms with E-state index < -0.39 is 21.2 Å². The summed E-state index contributed by atoms with van der Waals surface area (Å²) in [5.41, 5.74) is 1.82. The van der Waals surface area contributed by atoms with Gasteiger partial charge in [0.05, 0.1) is 12.2 Å². The summed E-state index contributed by atoms with van der Waals surface area (Å²) in [6, 6.07) is 3.67. The van der Waals surface area contributed by atoms with E-state index in [1.807, 2.05) is 26.0 Å². The number of allylic oxidation sites excluding steroid dienone is 1. The summed E-state index contributed by atoms with van der Waals surface area (Å²) in [5, 5.41) is -0.874. The number of hydrogen-bond acceptors (Lipinski definition) is 4. The molecule has 1 aliphatic rings. The number of ether oxygens (including phenoxy) is 1. The van der Waals surface area contributed by atoms with E-state index in [0.29, 0.717) is 12.8 Å². The molecule has 1 aliphatic carbocycles. The van der Waals surface area contributed by atoms with Crippen LogP contribution < -0.4 is 4.83 Å². The molecule has 122 valence electrons. The van der Waals surface area contributed by atoms with Crippen molar-refractivity contribution in [2.75, 3.05) is 11.4 Å². The Morgan fingerprint density at radius 2 is 2.00 bits per heavy atom. The Labute approximate surface area is 131 Å². The number of hydrogen-bond donors (Lipinski definition) is 1. The van der Waals surface area contributed by atoms with Gasteiger partial charge in [0.25, 0.3) is 10.0 Å². The van der Waals surface area contributed by atoms with Gasteiger partial charge in [-0.2, -0.15) is 0 Å². The Bertz CT molecular complexity index is 669. The lowest BCUT2D eigenvalue weighted by Crippen LogP contribution is -2.38. The fourth-order valence-corrected chi connectivity index (χ4v) is 4.28. The molecular weight excluding hydrogens is 304 g/mol. The molecule has 1 unspecified atom stereocenters. The fourth-order valence-electron chi connectivity index (χ4n) is 2.60. The second-order valence-electron chi connectivity index (χ2n) is 5.39. The molecule has 6 nitrogen and oxygen atoms in total. The van der Waals surface area contributed by atoms with Gasteiger partial charge in [0, 0.05) is 11.4 Å². The van der Waals surface area contributed by atoms with Crippen molar-refractivity contribution < 1.29 is 17.9 Å². The van der Waals surface area contributed by atoms with Crippen molar-refractivity contribution in [2.45, 2.75) is 45.3 Å². The molecule has 1 heterocycles. The molecule has 0 spiro atoms. The van der Waals surface area contributed by atoms with E-state index in [1.165, 1.54) is 4.68 Å². The van der Waals surface area contributed by atoms with Crippen molar-refractivity contribution in [1.29, 1.82) is 0 Å². The van der Waals surface area contributed by atoms with Crippen molar-refractivity contribution in [1.82, 2.24) is 4.68 Å². The number of nitrogens with zero attached hydrogens (tertiary/aromatic N) is 1. The molecule has 0 bridgehead atoms. The lowest BCUT2D eigenvalue weighted by molar-refractivity contribution is -0.138. The summed E-state index contributed by atoms with van der Waals surface area (Å²) in [7, 11) is -3.72. The number of rotatable bonds is 5. The number of carbonyl (C=O) groups excluding carboxylic acids is 1. The zero-order valence-corrected chi connectivity index (χ0v) is 13.9. The monoisotopic (exact) mass is 326 g/mol. The first-order valence-electron chi connectivity index (χ1n) is 7.40. The van der Waals surface area contributed by atoms with E-state index in [4.69, 9.17) is 4.74 Å². The van der Waals surface area contributed by atoms with E-state index in [0.717, 1.165) is 17.8 Å². The third kappa shape index (κ3) is 3.35. The van der Waals surface area contributed by atoms with Crippen LogP contribution in [0.25, 0.3) is 0 Å². The van der Waals surface area contributed by atoms with E-state index in [1.54, 1.807) is 13.0 Å². The Balaban J connectivity index is 2.29. The Morgan fingerprint density at radius 1 is 1.36 bits per heavy atom. The van der Waals surface area contributed by atoms with Crippen LogP contribution in [-0.4, -0.2) is 30.9 Å². The van der Waals surface area contributed by atoms with Crippen LogP contribution in [0.3, 0.4) is 0 Å². The molecule has 0 saturated heterocycles. The molecule has 0 radical (unpaired) electrons. The van der Waals surface area contributed by atoms with E-state index in [-0.39, 0.29) is 12.2 Å². The maximum Gasteiger partial charge on any atom is 0.335 e. The van der Waals surface area contributed by atoms with Crippen LogP contribution in [0, 0.1) is 13.8 Å². The van der Waals surface area contributed by atoms with Crippen LogP contribution in [0.5, 0.6) is 0 Å². The third-order valence-electron chi connectivity index (χ3n) is 3.76. The standard InChI is InChI=1S/C15H22N2O4S/c1-4-21-15(18)13-7-5-6-8-14(13)22(19,20)16-17-11(2)9-10-12(17)3/h7,9-10,14,16H,4-6,8H2,1-3H3. The lowest BCUT2D eigenvalue weighted by atomic mass is 9.99. The van der Waals surface area contributed by atoms with Gasteiger partial charge in [-0.1, -0.05) is 6.08 Å². The molecule has 0 amide bonds. The normalized spacial score (nSPS) is 18.7. The molecule has 0 saturated carbocycles. The average molecular weight is 326 g/mol. The molecule has 2 rings (SSSR count). The molecular formula is C15H22N2O4S. The number of aryl methyl sites for hydroxylation is 2. The van der Waals surface area contributed by atoms with Crippen LogP contribution in [-0.2, 0) is 19.6 Å². The molecule has 0 aromatic carbocycles. The predicted molar refractivity (Wildman–Crippen MR) is 84.5 cm³/mol. The van der Waals surface area contributed by atoms with Gasteiger partial charge in [-0.15, -0.1) is 0 Å². The quantitative estimate of drug-likeness (QED) is 0.840. The van der Waals surface area contributed by atoms with Crippen molar-refractivity contribution in [3.05, 3.63) is 35.2 Å². The Morgan fingerprint density at radius 3 is 2.59 bits per heavy atom. The highest BCUT2D eigenvalue weighted by Gasteiger charge is 2.35. The van der Waals surface area contributed by atoms with Crippen LogP contribution in [0.4, 0.5) is 0 Å². The van der Waals surface area contributed by atoms with Gasteiger partial charge in [0.2, 0.25) is 0 Å². The summed E-state index contributed by atoms with van der Waals surface area (Å²) in [5.74, 6) is -0.543. The van der Waals surface area contributed by atoms with Gasteiger partial charge >= 0.3 is 5.97 Å². The molecule has 7 heteroatoms. The van der Waals surface area contributed by atoms with Gasteiger partial charge in [0.1, 0.15) is 5.25 Å². The topological polar surface area (TPSA) is 77.4 Å². The molecule has 1 atom stereocenters. The van der Waals surface area contributed by atoms with Crippen LogP contribution in [0.1, 0.15) is 37.6 Å². The van der Waals surface area contributed by atoms with Gasteiger partial charge < -0.3 is 4.74 Å². The minimum absolute atomic E-state index is 0.228. The van der Waals surface area contributed by atoms with Gasteiger partial charge in [-0.3, -0.25) is 4.68 Å². The molecule has 22 heavy (non-hydrogen) atoms. The molecule has 1 aromatic rings. The van der Waals surface area contributed by atoms with E-state index in [9.17, 15) is 13.2 Å². The SMILES string of the molecule is CCOC(=O)C1=CCCCC1S(=O)(=O)Nn1c(C)ccc1C. The van der Waals surface area contributed by atoms with Crippen LogP contribution in [0.2, 0.25) is 0 Å². The Hall–Kier alpha value is -1.76. The van der Waals surface area contributed by atoms with Crippen molar-refractivity contribution in [2.24, 2.45) is 0 Å². The fraction of sp³-hybridized carbons (Fsp3) is 0.533. The minimum atomic E-state index is -3.72. The van der Waals surface area contributed by atoms with Gasteiger partial charge in [0.15, 0.2) is 0 Å². The highest BCUT2D eigenvalue weighted by atomic mass is 32.2. The predicted octanol–water partition coefficient (Wildman–Crippen LogP) is 2.02. The maximum atomic E-state index is 12.7. The first-order valence-corrected chi connectivity index (χ1v) is 8.95.